The van der Waals surface area contributed by atoms with Crippen LogP contribution in [0, 0.1) is 0 Å². The van der Waals surface area contributed by atoms with Gasteiger partial charge < -0.3 is 14.4 Å². The molecule has 1 aromatic heterocycles. The zero-order chi connectivity index (χ0) is 14.5. The SMILES string of the molecule is O=C(O[n+]1ccc(N2CCOCC2)cc1)N1CCOCC1. The second-order valence-corrected chi connectivity index (χ2v) is 4.97. The van der Waals surface area contributed by atoms with Crippen molar-refractivity contribution in [3.05, 3.63) is 24.5 Å². The standard InChI is InChI=1S/C14H20N3O4/c18-14(16-7-11-20-12-8-16)21-17-3-1-13(2-4-17)15-5-9-19-10-6-15/h1-4H,5-12H2/q+1. The lowest BCUT2D eigenvalue weighted by Gasteiger charge is -2.28. The number of hydrogen-bond donors (Lipinski definition) is 0. The predicted molar refractivity (Wildman–Crippen MR) is 74.0 cm³/mol. The highest BCUT2D eigenvalue weighted by molar-refractivity contribution is 5.67. The summed E-state index contributed by atoms with van der Waals surface area (Å²) in [5.74, 6) is 0. The van der Waals surface area contributed by atoms with Gasteiger partial charge in [0.2, 0.25) is 12.4 Å². The zero-order valence-corrected chi connectivity index (χ0v) is 11.9. The Morgan fingerprint density at radius 3 is 2.19 bits per heavy atom. The van der Waals surface area contributed by atoms with Crippen LogP contribution in [0.25, 0.3) is 0 Å². The largest absolute Gasteiger partial charge is 0.478 e. The van der Waals surface area contributed by atoms with Gasteiger partial charge in [-0.05, 0) is 0 Å². The summed E-state index contributed by atoms with van der Waals surface area (Å²) in [5, 5.41) is 0. The smallest absolute Gasteiger partial charge is 0.378 e. The Bertz CT molecular complexity index is 468. The predicted octanol–water partition coefficient (Wildman–Crippen LogP) is -0.308. The topological polar surface area (TPSA) is 55.1 Å². The molecule has 0 unspecified atom stereocenters. The van der Waals surface area contributed by atoms with Crippen molar-refractivity contribution in [2.45, 2.75) is 0 Å². The third-order valence-electron chi connectivity index (χ3n) is 3.61. The number of nitrogens with zero attached hydrogens (tertiary/aromatic N) is 3. The molecule has 2 aliphatic heterocycles. The summed E-state index contributed by atoms with van der Waals surface area (Å²) in [6, 6.07) is 3.88. The Hall–Kier alpha value is -1.86. The van der Waals surface area contributed by atoms with Crippen LogP contribution in [-0.4, -0.2) is 63.6 Å². The van der Waals surface area contributed by atoms with Crippen LogP contribution in [0.15, 0.2) is 24.5 Å². The third-order valence-corrected chi connectivity index (χ3v) is 3.61. The van der Waals surface area contributed by atoms with Gasteiger partial charge in [-0.25, -0.2) is 4.79 Å². The molecule has 1 aromatic rings. The first-order valence-corrected chi connectivity index (χ1v) is 7.22. The number of rotatable bonds is 2. The van der Waals surface area contributed by atoms with E-state index in [1.807, 2.05) is 12.1 Å². The van der Waals surface area contributed by atoms with Crippen LogP contribution >= 0.6 is 0 Å². The van der Waals surface area contributed by atoms with Gasteiger partial charge in [0.05, 0.1) is 26.4 Å². The first kappa shape index (κ1) is 14.1. The van der Waals surface area contributed by atoms with Crippen molar-refractivity contribution in [3.63, 3.8) is 0 Å². The molecule has 21 heavy (non-hydrogen) atoms. The molecule has 0 bridgehead atoms. The number of morpholine rings is 2. The molecule has 3 heterocycles. The number of carbonyl (C=O) groups is 1. The van der Waals surface area contributed by atoms with Gasteiger partial charge in [-0.1, -0.05) is 0 Å². The van der Waals surface area contributed by atoms with E-state index in [4.69, 9.17) is 14.3 Å². The summed E-state index contributed by atoms with van der Waals surface area (Å²) in [7, 11) is 0. The second kappa shape index (κ2) is 6.73. The summed E-state index contributed by atoms with van der Waals surface area (Å²) in [6.45, 7) is 5.55. The van der Waals surface area contributed by atoms with E-state index in [9.17, 15) is 4.79 Å². The van der Waals surface area contributed by atoms with Gasteiger partial charge in [-0.15, -0.1) is 0 Å². The molecule has 2 fully saturated rings. The molecule has 2 saturated heterocycles. The molecule has 0 atom stereocenters. The second-order valence-electron chi connectivity index (χ2n) is 4.97. The van der Waals surface area contributed by atoms with E-state index in [0.717, 1.165) is 32.0 Å². The van der Waals surface area contributed by atoms with E-state index in [1.165, 1.54) is 4.73 Å². The minimum Gasteiger partial charge on any atom is -0.378 e. The number of pyridine rings is 1. The summed E-state index contributed by atoms with van der Waals surface area (Å²) < 4.78 is 12.0. The monoisotopic (exact) mass is 294 g/mol. The van der Waals surface area contributed by atoms with E-state index in [2.05, 4.69) is 4.90 Å². The van der Waals surface area contributed by atoms with E-state index >= 15 is 0 Å². The number of carbonyl (C=O) groups excluding carboxylic acids is 1. The quantitative estimate of drug-likeness (QED) is 0.701. The fourth-order valence-corrected chi connectivity index (χ4v) is 2.39. The fraction of sp³-hybridized carbons (Fsp3) is 0.571. The van der Waals surface area contributed by atoms with Crippen molar-refractivity contribution in [1.82, 2.24) is 4.90 Å². The van der Waals surface area contributed by atoms with Crippen molar-refractivity contribution in [3.8, 4) is 0 Å². The molecular formula is C14H20N3O4+. The Labute approximate surface area is 123 Å². The zero-order valence-electron chi connectivity index (χ0n) is 11.9. The van der Waals surface area contributed by atoms with Crippen molar-refractivity contribution < 1.29 is 23.8 Å². The van der Waals surface area contributed by atoms with Crippen molar-refractivity contribution in [1.29, 1.82) is 0 Å². The van der Waals surface area contributed by atoms with Crippen LogP contribution in [0.5, 0.6) is 0 Å². The Morgan fingerprint density at radius 2 is 1.57 bits per heavy atom. The number of hydrogen-bond acceptors (Lipinski definition) is 5. The van der Waals surface area contributed by atoms with Crippen LogP contribution < -0.4 is 14.5 Å². The molecule has 2 aliphatic rings. The van der Waals surface area contributed by atoms with Gasteiger partial charge in [-0.3, -0.25) is 4.90 Å². The molecule has 0 aromatic carbocycles. The summed E-state index contributed by atoms with van der Waals surface area (Å²) in [4.78, 5) is 21.1. The van der Waals surface area contributed by atoms with Gasteiger partial charge in [0.1, 0.15) is 0 Å². The Morgan fingerprint density at radius 1 is 1.00 bits per heavy atom. The molecule has 0 spiro atoms. The maximum Gasteiger partial charge on any atom is 0.478 e. The van der Waals surface area contributed by atoms with Crippen LogP contribution in [0.2, 0.25) is 0 Å². The van der Waals surface area contributed by atoms with Crippen molar-refractivity contribution in [2.24, 2.45) is 0 Å². The van der Waals surface area contributed by atoms with Crippen molar-refractivity contribution in [2.75, 3.05) is 57.5 Å². The number of ether oxygens (including phenoxy) is 2. The molecular weight excluding hydrogens is 274 g/mol. The number of amides is 1. The lowest BCUT2D eigenvalue weighted by Crippen LogP contribution is -2.53. The normalized spacial score (nSPS) is 19.4. The molecule has 1 amide bonds. The molecule has 7 heteroatoms. The molecule has 3 rings (SSSR count). The van der Waals surface area contributed by atoms with Gasteiger partial charge in [-0.2, -0.15) is 4.84 Å². The highest BCUT2D eigenvalue weighted by atomic mass is 16.7. The van der Waals surface area contributed by atoms with E-state index in [-0.39, 0.29) is 6.09 Å². The number of anilines is 1. The maximum atomic E-state index is 12.0. The Balaban J connectivity index is 1.57. The van der Waals surface area contributed by atoms with Crippen LogP contribution in [0.3, 0.4) is 0 Å². The van der Waals surface area contributed by atoms with Crippen molar-refractivity contribution >= 4 is 11.8 Å². The lowest BCUT2D eigenvalue weighted by molar-refractivity contribution is -0.869. The fourth-order valence-electron chi connectivity index (χ4n) is 2.39. The van der Waals surface area contributed by atoms with E-state index < -0.39 is 0 Å². The average Bonchev–Trinajstić information content (AvgIpc) is 2.57. The summed E-state index contributed by atoms with van der Waals surface area (Å²) in [6.07, 6.45) is 3.16. The third kappa shape index (κ3) is 3.62. The molecule has 7 nitrogen and oxygen atoms in total. The summed E-state index contributed by atoms with van der Waals surface area (Å²) in [5.41, 5.74) is 1.11. The van der Waals surface area contributed by atoms with Gasteiger partial charge in [0.15, 0.2) is 0 Å². The first-order valence-electron chi connectivity index (χ1n) is 7.22. The molecule has 0 aliphatic carbocycles. The Kier molecular flexibility index (Phi) is 4.52. The lowest BCUT2D eigenvalue weighted by atomic mass is 10.3. The van der Waals surface area contributed by atoms with E-state index in [1.54, 1.807) is 17.3 Å². The molecule has 0 N–H and O–H groups in total. The minimum absolute atomic E-state index is 0.345. The maximum absolute atomic E-state index is 12.0. The van der Waals surface area contributed by atoms with E-state index in [0.29, 0.717) is 26.3 Å². The minimum atomic E-state index is -0.345. The molecule has 0 radical (unpaired) electrons. The van der Waals surface area contributed by atoms with Crippen LogP contribution in [0.1, 0.15) is 0 Å². The highest BCUT2D eigenvalue weighted by Crippen LogP contribution is 2.12. The average molecular weight is 294 g/mol. The summed E-state index contributed by atoms with van der Waals surface area (Å²) >= 11 is 0. The van der Waals surface area contributed by atoms with Crippen LogP contribution in [-0.2, 0) is 9.47 Å². The molecule has 0 saturated carbocycles. The highest BCUT2D eigenvalue weighted by Gasteiger charge is 2.22. The van der Waals surface area contributed by atoms with Gasteiger partial charge in [0.25, 0.3) is 0 Å². The molecule has 114 valence electrons. The number of aromatic nitrogens is 1. The van der Waals surface area contributed by atoms with Crippen LogP contribution in [0.4, 0.5) is 10.5 Å². The van der Waals surface area contributed by atoms with Gasteiger partial charge in [0, 0.05) is 48.7 Å². The first-order chi connectivity index (χ1) is 10.3. The van der Waals surface area contributed by atoms with Gasteiger partial charge >= 0.3 is 6.09 Å².